The van der Waals surface area contributed by atoms with Crippen LogP contribution in [-0.2, 0) is 6.54 Å². The fraction of sp³-hybridized carbons (Fsp3) is 0.267. The quantitative estimate of drug-likeness (QED) is 0.242. The van der Waals surface area contributed by atoms with Gasteiger partial charge in [-0.25, -0.2) is 18.6 Å². The van der Waals surface area contributed by atoms with Crippen molar-refractivity contribution < 1.29 is 13.6 Å². The van der Waals surface area contributed by atoms with E-state index in [0.29, 0.717) is 19.4 Å². The van der Waals surface area contributed by atoms with Crippen molar-refractivity contribution in [3.05, 3.63) is 100.0 Å². The van der Waals surface area contributed by atoms with Gasteiger partial charge < -0.3 is 10.3 Å². The molecule has 210 valence electrons. The number of halogens is 3. The number of nitrogens with one attached hydrogen (secondary N) is 2. The summed E-state index contributed by atoms with van der Waals surface area (Å²) in [6.07, 6.45) is 4.59. The molecule has 0 saturated heterocycles. The molecule has 3 heterocycles. The van der Waals surface area contributed by atoms with Gasteiger partial charge in [0.2, 0.25) is 0 Å². The average Bonchev–Trinajstić information content (AvgIpc) is 3.61. The van der Waals surface area contributed by atoms with Crippen LogP contribution < -0.4 is 11.0 Å². The number of imidazole rings is 2. The summed E-state index contributed by atoms with van der Waals surface area (Å²) >= 11 is 5.91. The second kappa shape index (κ2) is 11.3. The molecule has 11 heteroatoms. The Morgan fingerprint density at radius 1 is 1.05 bits per heavy atom. The number of rotatable bonds is 7. The minimum atomic E-state index is -2.88. The molecule has 8 nitrogen and oxygen atoms in total. The SMILES string of the molecule is O=C(N[C@H]1CC[C@H](Cn2c(=O)n(-c3cccc(-c4ncc[nH]4)c3)c3ccccc32)CC1)c1cc(Cl)cnc1C(F)F. The van der Waals surface area contributed by atoms with Gasteiger partial charge in [-0.2, -0.15) is 0 Å². The number of benzene rings is 2. The summed E-state index contributed by atoms with van der Waals surface area (Å²) in [5, 5.41) is 3.00. The van der Waals surface area contributed by atoms with E-state index in [2.05, 4.69) is 20.3 Å². The lowest BCUT2D eigenvalue weighted by molar-refractivity contribution is 0.0904. The van der Waals surface area contributed by atoms with Crippen molar-refractivity contribution >= 4 is 28.5 Å². The molecule has 1 aliphatic rings. The lowest BCUT2D eigenvalue weighted by Crippen LogP contribution is -2.39. The molecule has 1 amide bonds. The van der Waals surface area contributed by atoms with Gasteiger partial charge in [0.25, 0.3) is 12.3 Å². The molecule has 6 rings (SSSR count). The second-order valence-corrected chi connectivity index (χ2v) is 10.7. The third kappa shape index (κ3) is 5.39. The van der Waals surface area contributed by atoms with Gasteiger partial charge in [0.15, 0.2) is 0 Å². The van der Waals surface area contributed by atoms with Gasteiger partial charge in [0, 0.05) is 36.7 Å². The van der Waals surface area contributed by atoms with Crippen molar-refractivity contribution in [2.24, 2.45) is 5.92 Å². The smallest absolute Gasteiger partial charge is 0.333 e. The summed E-state index contributed by atoms with van der Waals surface area (Å²) in [7, 11) is 0. The molecular weight excluding hydrogens is 550 g/mol. The molecule has 2 aromatic carbocycles. The number of carbonyl (C=O) groups excluding carboxylic acids is 1. The number of pyridine rings is 1. The van der Waals surface area contributed by atoms with Gasteiger partial charge in [-0.3, -0.25) is 18.9 Å². The van der Waals surface area contributed by atoms with E-state index in [-0.39, 0.29) is 28.2 Å². The van der Waals surface area contributed by atoms with Crippen LogP contribution in [-0.4, -0.2) is 36.0 Å². The number of para-hydroxylation sites is 2. The molecule has 1 fully saturated rings. The largest absolute Gasteiger partial charge is 0.349 e. The van der Waals surface area contributed by atoms with Crippen LogP contribution in [0.3, 0.4) is 0 Å². The predicted octanol–water partition coefficient (Wildman–Crippen LogP) is 6.16. The number of hydrogen-bond donors (Lipinski definition) is 2. The minimum Gasteiger partial charge on any atom is -0.349 e. The highest BCUT2D eigenvalue weighted by molar-refractivity contribution is 6.30. The number of nitrogens with zero attached hydrogens (tertiary/aromatic N) is 4. The maximum atomic E-state index is 13.8. The summed E-state index contributed by atoms with van der Waals surface area (Å²) < 4.78 is 30.3. The average molecular weight is 577 g/mol. The van der Waals surface area contributed by atoms with Crippen LogP contribution in [0.15, 0.2) is 78.0 Å². The molecule has 0 spiro atoms. The Balaban J connectivity index is 1.19. The summed E-state index contributed by atoms with van der Waals surface area (Å²) in [5.41, 5.74) is 2.40. The van der Waals surface area contributed by atoms with Crippen molar-refractivity contribution in [1.82, 2.24) is 29.4 Å². The minimum absolute atomic E-state index is 0.119. The molecule has 0 radical (unpaired) electrons. The van der Waals surface area contributed by atoms with E-state index in [1.807, 2.05) is 53.1 Å². The molecule has 3 aromatic heterocycles. The second-order valence-electron chi connectivity index (χ2n) is 10.3. The topological polar surface area (TPSA) is 97.6 Å². The van der Waals surface area contributed by atoms with Crippen LogP contribution >= 0.6 is 11.6 Å². The van der Waals surface area contributed by atoms with Crippen LogP contribution in [0.4, 0.5) is 8.78 Å². The van der Waals surface area contributed by atoms with Crippen LogP contribution in [0, 0.1) is 5.92 Å². The van der Waals surface area contributed by atoms with E-state index in [1.54, 1.807) is 17.0 Å². The number of amides is 1. The van der Waals surface area contributed by atoms with Crippen LogP contribution in [0.5, 0.6) is 0 Å². The standard InChI is InChI=1S/C30H27ClF2N6O2/c31-20-15-23(26(27(32)33)36-16-20)29(40)37-21-10-8-18(9-11-21)17-38-24-6-1-2-7-25(24)39(30(38)41)22-5-3-4-19(14-22)28-34-12-13-35-28/h1-7,12-16,18,21,27H,8-11,17H2,(H,34,35)(H,37,40)/t18-,21-. The van der Waals surface area contributed by atoms with Crippen molar-refractivity contribution in [3.63, 3.8) is 0 Å². The van der Waals surface area contributed by atoms with Crippen LogP contribution in [0.2, 0.25) is 5.02 Å². The maximum absolute atomic E-state index is 13.8. The molecule has 5 aromatic rings. The summed E-state index contributed by atoms with van der Waals surface area (Å²) in [6, 6.07) is 16.5. The highest BCUT2D eigenvalue weighted by Crippen LogP contribution is 2.29. The lowest BCUT2D eigenvalue weighted by atomic mass is 9.85. The number of hydrogen-bond acceptors (Lipinski definition) is 4. The molecule has 0 atom stereocenters. The number of H-pyrrole nitrogens is 1. The number of fused-ring (bicyclic) bond motifs is 1. The zero-order chi connectivity index (χ0) is 28.5. The summed E-state index contributed by atoms with van der Waals surface area (Å²) in [6.45, 7) is 0.540. The Morgan fingerprint density at radius 3 is 2.56 bits per heavy atom. The maximum Gasteiger partial charge on any atom is 0.333 e. The Hall–Kier alpha value is -4.31. The first-order valence-electron chi connectivity index (χ1n) is 13.4. The van der Waals surface area contributed by atoms with Crippen molar-refractivity contribution in [2.75, 3.05) is 0 Å². The van der Waals surface area contributed by atoms with Gasteiger partial charge in [-0.1, -0.05) is 35.9 Å². The Morgan fingerprint density at radius 2 is 1.83 bits per heavy atom. The first kappa shape index (κ1) is 26.9. The summed E-state index contributed by atoms with van der Waals surface area (Å²) in [4.78, 5) is 37.7. The molecular formula is C30H27ClF2N6O2. The number of carbonyl (C=O) groups is 1. The fourth-order valence-corrected chi connectivity index (χ4v) is 5.82. The fourth-order valence-electron chi connectivity index (χ4n) is 5.67. The van der Waals surface area contributed by atoms with E-state index < -0.39 is 18.0 Å². The molecule has 2 N–H and O–H groups in total. The van der Waals surface area contributed by atoms with Crippen LogP contribution in [0.25, 0.3) is 28.1 Å². The number of aromatic amines is 1. The van der Waals surface area contributed by atoms with Gasteiger partial charge >= 0.3 is 5.69 Å². The molecule has 1 saturated carbocycles. The molecule has 0 unspecified atom stereocenters. The molecule has 0 bridgehead atoms. The number of alkyl halides is 2. The first-order valence-corrected chi connectivity index (χ1v) is 13.8. The zero-order valence-electron chi connectivity index (χ0n) is 21.9. The van der Waals surface area contributed by atoms with E-state index in [1.165, 1.54) is 6.07 Å². The van der Waals surface area contributed by atoms with E-state index in [0.717, 1.165) is 47.1 Å². The Kier molecular flexibility index (Phi) is 7.40. The van der Waals surface area contributed by atoms with Gasteiger partial charge in [-0.15, -0.1) is 0 Å². The number of aromatic nitrogens is 5. The van der Waals surface area contributed by atoms with Crippen molar-refractivity contribution in [3.8, 4) is 17.1 Å². The first-order chi connectivity index (χ1) is 19.9. The van der Waals surface area contributed by atoms with Gasteiger partial charge in [0.05, 0.1) is 27.3 Å². The van der Waals surface area contributed by atoms with Crippen molar-refractivity contribution in [1.29, 1.82) is 0 Å². The lowest BCUT2D eigenvalue weighted by Gasteiger charge is -2.29. The van der Waals surface area contributed by atoms with E-state index in [4.69, 9.17) is 11.6 Å². The van der Waals surface area contributed by atoms with Gasteiger partial charge in [-0.05, 0) is 61.9 Å². The van der Waals surface area contributed by atoms with Crippen LogP contribution in [0.1, 0.15) is 48.2 Å². The highest BCUT2D eigenvalue weighted by atomic mass is 35.5. The third-order valence-electron chi connectivity index (χ3n) is 7.67. The Labute approximate surface area is 239 Å². The van der Waals surface area contributed by atoms with E-state index >= 15 is 0 Å². The Bertz CT molecular complexity index is 1760. The normalized spacial score (nSPS) is 17.3. The summed E-state index contributed by atoms with van der Waals surface area (Å²) in [5.74, 6) is 0.346. The van der Waals surface area contributed by atoms with Crippen molar-refractivity contribution in [2.45, 2.75) is 44.7 Å². The zero-order valence-corrected chi connectivity index (χ0v) is 22.7. The van der Waals surface area contributed by atoms with Gasteiger partial charge in [0.1, 0.15) is 11.5 Å². The third-order valence-corrected chi connectivity index (χ3v) is 7.88. The molecule has 0 aliphatic heterocycles. The molecule has 41 heavy (non-hydrogen) atoms. The van der Waals surface area contributed by atoms with E-state index in [9.17, 15) is 18.4 Å². The monoisotopic (exact) mass is 576 g/mol. The molecule has 1 aliphatic carbocycles. The predicted molar refractivity (Wildman–Crippen MR) is 153 cm³/mol. The highest BCUT2D eigenvalue weighted by Gasteiger charge is 2.27.